The molecule has 26 heavy (non-hydrogen) atoms. The van der Waals surface area contributed by atoms with Gasteiger partial charge in [-0.1, -0.05) is 13.0 Å². The van der Waals surface area contributed by atoms with Crippen LogP contribution in [0.3, 0.4) is 0 Å². The molecule has 6 nitrogen and oxygen atoms in total. The number of rotatable bonds is 4. The summed E-state index contributed by atoms with van der Waals surface area (Å²) in [5.41, 5.74) is 2.11. The van der Waals surface area contributed by atoms with E-state index in [0.717, 1.165) is 23.3 Å². The number of methoxy groups -OCH3 is 1. The molecule has 1 aliphatic heterocycles. The van der Waals surface area contributed by atoms with Crippen LogP contribution < -0.4 is 9.75 Å². The first-order chi connectivity index (χ1) is 12.3. The third kappa shape index (κ3) is 3.62. The van der Waals surface area contributed by atoms with Gasteiger partial charge in [0.2, 0.25) is 0 Å². The Morgan fingerprint density at radius 3 is 2.46 bits per heavy atom. The molecule has 0 fully saturated rings. The lowest BCUT2D eigenvalue weighted by Crippen LogP contribution is -2.37. The number of carbonyl (C=O) groups is 1. The second kappa shape index (κ2) is 6.92. The highest BCUT2D eigenvalue weighted by atomic mass is 32.2. The van der Waals surface area contributed by atoms with E-state index in [1.807, 2.05) is 31.2 Å². The van der Waals surface area contributed by atoms with Gasteiger partial charge in [0.25, 0.3) is 5.91 Å². The number of hydrazone groups is 1. The fraction of sp³-hybridized carbons (Fsp3) is 0.263. The number of benzene rings is 2. The maximum Gasteiger partial charge on any atom is 0.250 e. The molecule has 1 heterocycles. The predicted molar refractivity (Wildman–Crippen MR) is 100 cm³/mol. The normalized spacial score (nSPS) is 17.8. The Bertz CT molecular complexity index is 965. The van der Waals surface area contributed by atoms with Gasteiger partial charge in [0, 0.05) is 18.6 Å². The molecule has 136 valence electrons. The summed E-state index contributed by atoms with van der Waals surface area (Å²) in [4.78, 5) is 12.8. The van der Waals surface area contributed by atoms with Gasteiger partial charge < -0.3 is 4.74 Å². The van der Waals surface area contributed by atoms with E-state index in [0.29, 0.717) is 12.1 Å². The van der Waals surface area contributed by atoms with Gasteiger partial charge >= 0.3 is 0 Å². The van der Waals surface area contributed by atoms with Crippen molar-refractivity contribution in [3.63, 3.8) is 0 Å². The second-order valence-electron chi connectivity index (χ2n) is 6.30. The molecule has 0 aromatic heterocycles. The maximum absolute atomic E-state index is 12.6. The summed E-state index contributed by atoms with van der Waals surface area (Å²) in [6.07, 6.45) is 1.66. The van der Waals surface area contributed by atoms with Crippen LogP contribution >= 0.6 is 0 Å². The molecule has 1 unspecified atom stereocenters. The number of sulfone groups is 1. The summed E-state index contributed by atoms with van der Waals surface area (Å²) in [6.45, 7) is 1.84. The molecule has 0 saturated heterocycles. The Balaban J connectivity index is 2.03. The van der Waals surface area contributed by atoms with Crippen LogP contribution in [0.1, 0.15) is 18.9 Å². The Morgan fingerprint density at radius 1 is 1.15 bits per heavy atom. The minimum absolute atomic E-state index is 0.155. The highest BCUT2D eigenvalue weighted by Crippen LogP contribution is 2.27. The summed E-state index contributed by atoms with van der Waals surface area (Å²) < 4.78 is 28.8. The van der Waals surface area contributed by atoms with Crippen LogP contribution in [0, 0.1) is 5.92 Å². The molecular weight excluding hydrogens is 352 g/mol. The van der Waals surface area contributed by atoms with Gasteiger partial charge in [-0.25, -0.2) is 13.4 Å². The van der Waals surface area contributed by atoms with Crippen LogP contribution in [0.4, 0.5) is 5.69 Å². The van der Waals surface area contributed by atoms with E-state index >= 15 is 0 Å². The van der Waals surface area contributed by atoms with Crippen molar-refractivity contribution in [2.24, 2.45) is 11.0 Å². The molecule has 0 saturated carbocycles. The molecule has 0 spiro atoms. The standard InChI is InChI=1S/C19H20N2O4S/c1-13-11-18(14-7-9-16(25-2)10-8-14)20-21(19(13)22)15-5-4-6-17(12-15)26(3,23)24/h4-10,12-13H,11H2,1-3H3. The molecule has 2 aromatic rings. The van der Waals surface area contributed by atoms with Crippen LogP contribution in [-0.2, 0) is 14.6 Å². The second-order valence-corrected chi connectivity index (χ2v) is 8.32. The Labute approximate surface area is 153 Å². The monoisotopic (exact) mass is 372 g/mol. The number of nitrogens with zero attached hydrogens (tertiary/aromatic N) is 2. The van der Waals surface area contributed by atoms with Crippen LogP contribution in [0.15, 0.2) is 58.5 Å². The molecular formula is C19H20N2O4S. The molecule has 0 N–H and O–H groups in total. The van der Waals surface area contributed by atoms with Crippen LogP contribution in [0.25, 0.3) is 0 Å². The van der Waals surface area contributed by atoms with E-state index in [1.54, 1.807) is 19.2 Å². The average Bonchev–Trinajstić information content (AvgIpc) is 2.63. The Hall–Kier alpha value is -2.67. The quantitative estimate of drug-likeness (QED) is 0.827. The molecule has 0 aliphatic carbocycles. The van der Waals surface area contributed by atoms with Gasteiger partial charge in [-0.2, -0.15) is 5.10 Å². The zero-order valence-electron chi connectivity index (χ0n) is 14.8. The van der Waals surface area contributed by atoms with Crippen LogP contribution in [-0.4, -0.2) is 33.4 Å². The summed E-state index contributed by atoms with van der Waals surface area (Å²) in [6, 6.07) is 13.7. The SMILES string of the molecule is COc1ccc(C2=NN(c3cccc(S(C)(=O)=O)c3)C(=O)C(C)C2)cc1. The number of hydrogen-bond acceptors (Lipinski definition) is 5. The third-order valence-electron chi connectivity index (χ3n) is 4.26. The molecule has 7 heteroatoms. The van der Waals surface area contributed by atoms with E-state index in [-0.39, 0.29) is 16.7 Å². The van der Waals surface area contributed by atoms with Crippen molar-refractivity contribution in [1.29, 1.82) is 0 Å². The van der Waals surface area contributed by atoms with Crippen LogP contribution in [0.5, 0.6) is 5.75 Å². The number of ether oxygens (including phenoxy) is 1. The van der Waals surface area contributed by atoms with E-state index in [4.69, 9.17) is 4.74 Å². The first-order valence-corrected chi connectivity index (χ1v) is 10.0. The highest BCUT2D eigenvalue weighted by Gasteiger charge is 2.29. The Kier molecular flexibility index (Phi) is 4.82. The van der Waals surface area contributed by atoms with Crippen molar-refractivity contribution in [2.45, 2.75) is 18.2 Å². The summed E-state index contributed by atoms with van der Waals surface area (Å²) in [5.74, 6) is 0.325. The van der Waals surface area contributed by atoms with E-state index in [1.165, 1.54) is 17.1 Å². The summed E-state index contributed by atoms with van der Waals surface area (Å²) in [7, 11) is -1.77. The molecule has 1 aliphatic rings. The van der Waals surface area contributed by atoms with Gasteiger partial charge in [-0.3, -0.25) is 4.79 Å². The van der Waals surface area contributed by atoms with Crippen molar-refractivity contribution < 1.29 is 17.9 Å². The molecule has 1 amide bonds. The summed E-state index contributed by atoms with van der Waals surface area (Å²) >= 11 is 0. The lowest BCUT2D eigenvalue weighted by atomic mass is 9.96. The van der Waals surface area contributed by atoms with Gasteiger partial charge in [-0.15, -0.1) is 0 Å². The van der Waals surface area contributed by atoms with Crippen molar-refractivity contribution in [3.05, 3.63) is 54.1 Å². The summed E-state index contributed by atoms with van der Waals surface area (Å²) in [5, 5.41) is 5.79. The van der Waals surface area contributed by atoms with Crippen LogP contribution in [0.2, 0.25) is 0 Å². The fourth-order valence-electron chi connectivity index (χ4n) is 2.79. The number of carbonyl (C=O) groups excluding carboxylic acids is 1. The Morgan fingerprint density at radius 2 is 1.85 bits per heavy atom. The third-order valence-corrected chi connectivity index (χ3v) is 5.37. The molecule has 2 aromatic carbocycles. The zero-order chi connectivity index (χ0) is 18.9. The minimum Gasteiger partial charge on any atom is -0.497 e. The van der Waals surface area contributed by atoms with Crippen molar-refractivity contribution in [3.8, 4) is 5.75 Å². The van der Waals surface area contributed by atoms with E-state index in [2.05, 4.69) is 5.10 Å². The molecule has 3 rings (SSSR count). The number of anilines is 1. The first-order valence-electron chi connectivity index (χ1n) is 8.15. The smallest absolute Gasteiger partial charge is 0.250 e. The minimum atomic E-state index is -3.37. The molecule has 1 atom stereocenters. The number of hydrogen-bond donors (Lipinski definition) is 0. The zero-order valence-corrected chi connectivity index (χ0v) is 15.7. The van der Waals surface area contributed by atoms with Crippen molar-refractivity contribution in [2.75, 3.05) is 18.4 Å². The van der Waals surface area contributed by atoms with Gasteiger partial charge in [0.15, 0.2) is 9.84 Å². The largest absolute Gasteiger partial charge is 0.497 e. The first kappa shape index (κ1) is 18.1. The van der Waals surface area contributed by atoms with Gasteiger partial charge in [-0.05, 0) is 48.0 Å². The lowest BCUT2D eigenvalue weighted by molar-refractivity contribution is -0.122. The highest BCUT2D eigenvalue weighted by molar-refractivity contribution is 7.90. The molecule has 0 radical (unpaired) electrons. The van der Waals surface area contributed by atoms with Gasteiger partial charge in [0.05, 0.1) is 23.4 Å². The van der Waals surface area contributed by atoms with Crippen molar-refractivity contribution >= 4 is 27.1 Å². The van der Waals surface area contributed by atoms with E-state index < -0.39 is 9.84 Å². The average molecular weight is 372 g/mol. The topological polar surface area (TPSA) is 76.0 Å². The lowest BCUT2D eigenvalue weighted by Gasteiger charge is -2.28. The van der Waals surface area contributed by atoms with Gasteiger partial charge in [0.1, 0.15) is 5.75 Å². The van der Waals surface area contributed by atoms with E-state index in [9.17, 15) is 13.2 Å². The fourth-order valence-corrected chi connectivity index (χ4v) is 3.45. The maximum atomic E-state index is 12.6. The number of amides is 1. The van der Waals surface area contributed by atoms with Crippen molar-refractivity contribution in [1.82, 2.24) is 0 Å². The molecule has 0 bridgehead atoms. The predicted octanol–water partition coefficient (Wildman–Crippen LogP) is 2.88.